The molecule has 1 saturated heterocycles. The van der Waals surface area contributed by atoms with E-state index in [9.17, 15) is 5.11 Å². The smallest absolute Gasteiger partial charge is 0.0987 e. The molecule has 2 aliphatic rings. The fourth-order valence-electron chi connectivity index (χ4n) is 2.73. The second kappa shape index (κ2) is 4.01. The molecular formula is C12H21N3O. The summed E-state index contributed by atoms with van der Waals surface area (Å²) in [4.78, 5) is 2.15. The Morgan fingerprint density at radius 1 is 1.38 bits per heavy atom. The standard InChI is InChI=1S/C12H21N3O/c1-9(13)2-3-11(14)15-7-12(8-15)5-4-10(16)6-12/h2-3,10,16H,4-8,13-14H2,1H3/b9-2-,11-3+. The van der Waals surface area contributed by atoms with Crippen LogP contribution in [-0.4, -0.2) is 29.2 Å². The summed E-state index contributed by atoms with van der Waals surface area (Å²) in [5.41, 5.74) is 12.6. The van der Waals surface area contributed by atoms with Crippen LogP contribution in [0.25, 0.3) is 0 Å². The predicted octanol–water partition coefficient (Wildman–Crippen LogP) is 0.496. The first-order valence-electron chi connectivity index (χ1n) is 5.83. The van der Waals surface area contributed by atoms with Gasteiger partial charge in [0.1, 0.15) is 0 Å². The Morgan fingerprint density at radius 2 is 2.06 bits per heavy atom. The molecule has 1 spiro atoms. The number of aliphatic hydroxyl groups is 1. The monoisotopic (exact) mass is 223 g/mol. The first-order valence-corrected chi connectivity index (χ1v) is 5.83. The Kier molecular flexibility index (Phi) is 2.84. The molecule has 1 aliphatic carbocycles. The molecule has 1 aliphatic heterocycles. The van der Waals surface area contributed by atoms with Gasteiger partial charge in [0.2, 0.25) is 0 Å². The van der Waals surface area contributed by atoms with Crippen LogP contribution in [0.4, 0.5) is 0 Å². The molecule has 2 fully saturated rings. The number of allylic oxidation sites excluding steroid dienone is 3. The average Bonchev–Trinajstić information content (AvgIpc) is 2.54. The van der Waals surface area contributed by atoms with E-state index in [1.807, 2.05) is 19.1 Å². The van der Waals surface area contributed by atoms with Crippen LogP contribution in [0.1, 0.15) is 26.2 Å². The molecule has 5 N–H and O–H groups in total. The van der Waals surface area contributed by atoms with Crippen molar-refractivity contribution in [3.8, 4) is 0 Å². The average molecular weight is 223 g/mol. The minimum atomic E-state index is -0.0986. The molecule has 16 heavy (non-hydrogen) atoms. The topological polar surface area (TPSA) is 75.5 Å². The van der Waals surface area contributed by atoms with Crippen molar-refractivity contribution in [1.82, 2.24) is 4.90 Å². The number of aliphatic hydroxyl groups excluding tert-OH is 1. The Balaban J connectivity index is 1.88. The highest BCUT2D eigenvalue weighted by Gasteiger charge is 2.47. The molecule has 2 rings (SSSR count). The lowest BCUT2D eigenvalue weighted by Gasteiger charge is -2.49. The zero-order valence-corrected chi connectivity index (χ0v) is 9.82. The summed E-state index contributed by atoms with van der Waals surface area (Å²) in [5, 5.41) is 9.54. The van der Waals surface area contributed by atoms with Crippen LogP contribution in [0.15, 0.2) is 23.7 Å². The second-order valence-corrected chi connectivity index (χ2v) is 5.25. The van der Waals surface area contributed by atoms with Crippen LogP contribution in [0.5, 0.6) is 0 Å². The van der Waals surface area contributed by atoms with Crippen molar-refractivity contribution in [1.29, 1.82) is 0 Å². The Labute approximate surface area is 96.6 Å². The van der Waals surface area contributed by atoms with Gasteiger partial charge >= 0.3 is 0 Å². The Morgan fingerprint density at radius 3 is 2.56 bits per heavy atom. The SMILES string of the molecule is C/C(N)=C/C=C(\N)N1CC2(CCC(O)C2)C1. The van der Waals surface area contributed by atoms with Crippen molar-refractivity contribution in [2.45, 2.75) is 32.3 Å². The van der Waals surface area contributed by atoms with Crippen molar-refractivity contribution >= 4 is 0 Å². The maximum Gasteiger partial charge on any atom is 0.0987 e. The summed E-state index contributed by atoms with van der Waals surface area (Å²) < 4.78 is 0. The van der Waals surface area contributed by atoms with Crippen LogP contribution in [0.3, 0.4) is 0 Å². The lowest BCUT2D eigenvalue weighted by atomic mass is 9.78. The maximum absolute atomic E-state index is 9.54. The second-order valence-electron chi connectivity index (χ2n) is 5.25. The maximum atomic E-state index is 9.54. The van der Waals surface area contributed by atoms with Gasteiger partial charge in [-0.3, -0.25) is 0 Å². The molecule has 0 aromatic rings. The Bertz CT molecular complexity index is 325. The molecule has 4 heteroatoms. The highest BCUT2D eigenvalue weighted by Crippen LogP contribution is 2.46. The predicted molar refractivity (Wildman–Crippen MR) is 64.1 cm³/mol. The molecule has 1 atom stereocenters. The zero-order chi connectivity index (χ0) is 11.8. The van der Waals surface area contributed by atoms with E-state index in [1.54, 1.807) is 0 Å². The van der Waals surface area contributed by atoms with E-state index in [0.29, 0.717) is 5.41 Å². The van der Waals surface area contributed by atoms with E-state index in [-0.39, 0.29) is 6.10 Å². The highest BCUT2D eigenvalue weighted by atomic mass is 16.3. The molecule has 0 aromatic carbocycles. The minimum absolute atomic E-state index is 0.0986. The fourth-order valence-corrected chi connectivity index (χ4v) is 2.73. The number of rotatable bonds is 2. The van der Waals surface area contributed by atoms with Gasteiger partial charge in [0.15, 0.2) is 0 Å². The summed E-state index contributed by atoms with van der Waals surface area (Å²) in [6, 6.07) is 0. The third-order valence-electron chi connectivity index (χ3n) is 3.61. The van der Waals surface area contributed by atoms with Gasteiger partial charge in [0, 0.05) is 24.2 Å². The zero-order valence-electron chi connectivity index (χ0n) is 9.82. The number of likely N-dealkylation sites (tertiary alicyclic amines) is 1. The van der Waals surface area contributed by atoms with Gasteiger partial charge in [0.05, 0.1) is 11.9 Å². The van der Waals surface area contributed by atoms with Crippen LogP contribution < -0.4 is 11.5 Å². The minimum Gasteiger partial charge on any atom is -0.402 e. The summed E-state index contributed by atoms with van der Waals surface area (Å²) in [5.74, 6) is 0.775. The van der Waals surface area contributed by atoms with Crippen LogP contribution in [0.2, 0.25) is 0 Å². The molecule has 1 heterocycles. The molecule has 4 nitrogen and oxygen atoms in total. The van der Waals surface area contributed by atoms with Crippen LogP contribution in [0, 0.1) is 5.41 Å². The first-order chi connectivity index (χ1) is 7.51. The van der Waals surface area contributed by atoms with Crippen molar-refractivity contribution in [3.05, 3.63) is 23.7 Å². The largest absolute Gasteiger partial charge is 0.402 e. The number of nitrogens with two attached hydrogens (primary N) is 2. The van der Waals surface area contributed by atoms with E-state index in [1.165, 1.54) is 0 Å². The van der Waals surface area contributed by atoms with Crippen molar-refractivity contribution in [2.75, 3.05) is 13.1 Å². The lowest BCUT2D eigenvalue weighted by molar-refractivity contribution is 0.0215. The van der Waals surface area contributed by atoms with E-state index in [0.717, 1.165) is 43.9 Å². The summed E-state index contributed by atoms with van der Waals surface area (Å²) in [6.45, 7) is 3.79. The van der Waals surface area contributed by atoms with Gasteiger partial charge in [-0.05, 0) is 38.3 Å². The molecular weight excluding hydrogens is 202 g/mol. The van der Waals surface area contributed by atoms with Gasteiger partial charge < -0.3 is 21.5 Å². The molecule has 0 bridgehead atoms. The van der Waals surface area contributed by atoms with E-state index in [4.69, 9.17) is 11.5 Å². The quantitative estimate of drug-likeness (QED) is 0.596. The number of hydrogen-bond donors (Lipinski definition) is 3. The molecule has 1 unspecified atom stereocenters. The van der Waals surface area contributed by atoms with Gasteiger partial charge in [-0.1, -0.05) is 0 Å². The van der Waals surface area contributed by atoms with Crippen LogP contribution in [-0.2, 0) is 0 Å². The third-order valence-corrected chi connectivity index (χ3v) is 3.61. The van der Waals surface area contributed by atoms with Crippen molar-refractivity contribution in [3.63, 3.8) is 0 Å². The normalized spacial score (nSPS) is 29.6. The lowest BCUT2D eigenvalue weighted by Crippen LogP contribution is -2.55. The summed E-state index contributed by atoms with van der Waals surface area (Å²) in [6.07, 6.45) is 6.58. The number of nitrogens with zero attached hydrogens (tertiary/aromatic N) is 1. The van der Waals surface area contributed by atoms with Crippen LogP contribution >= 0.6 is 0 Å². The highest BCUT2D eigenvalue weighted by molar-refractivity contribution is 5.16. The third kappa shape index (κ3) is 2.16. The molecule has 0 radical (unpaired) electrons. The van der Waals surface area contributed by atoms with E-state index < -0.39 is 0 Å². The van der Waals surface area contributed by atoms with E-state index in [2.05, 4.69) is 4.90 Å². The fraction of sp³-hybridized carbons (Fsp3) is 0.667. The molecule has 90 valence electrons. The van der Waals surface area contributed by atoms with Crippen molar-refractivity contribution < 1.29 is 5.11 Å². The molecule has 1 saturated carbocycles. The van der Waals surface area contributed by atoms with Crippen molar-refractivity contribution in [2.24, 2.45) is 16.9 Å². The number of hydrogen-bond acceptors (Lipinski definition) is 4. The van der Waals surface area contributed by atoms with E-state index >= 15 is 0 Å². The summed E-state index contributed by atoms with van der Waals surface area (Å²) >= 11 is 0. The summed E-state index contributed by atoms with van der Waals surface area (Å²) in [7, 11) is 0. The van der Waals surface area contributed by atoms with Gasteiger partial charge in [-0.2, -0.15) is 0 Å². The molecule has 0 aromatic heterocycles. The Hall–Kier alpha value is -1.16. The first kappa shape index (κ1) is 11.3. The van der Waals surface area contributed by atoms with Gasteiger partial charge in [-0.25, -0.2) is 0 Å². The molecule has 0 amide bonds. The van der Waals surface area contributed by atoms with Gasteiger partial charge in [0.25, 0.3) is 0 Å². The van der Waals surface area contributed by atoms with Gasteiger partial charge in [-0.15, -0.1) is 0 Å².